The fourth-order valence-electron chi connectivity index (χ4n) is 2.44. The molecule has 0 saturated carbocycles. The molecule has 1 N–H and O–H groups in total. The van der Waals surface area contributed by atoms with Crippen molar-refractivity contribution < 1.29 is 14.3 Å². The van der Waals surface area contributed by atoms with Crippen LogP contribution in [0.5, 0.6) is 0 Å². The molecule has 128 valence electrons. The highest BCUT2D eigenvalue weighted by atomic mass is 32.1. The van der Waals surface area contributed by atoms with Crippen LogP contribution in [-0.2, 0) is 17.9 Å². The van der Waals surface area contributed by atoms with E-state index < -0.39 is 6.10 Å². The van der Waals surface area contributed by atoms with Gasteiger partial charge in [0.2, 0.25) is 0 Å². The maximum Gasteiger partial charge on any atom is 0.129 e. The van der Waals surface area contributed by atoms with Gasteiger partial charge in [0, 0.05) is 28.9 Å². The number of nitrogens with zero attached hydrogens (tertiary/aromatic N) is 1. The quantitative estimate of drug-likeness (QED) is 0.716. The molecule has 2 rings (SSSR count). The minimum absolute atomic E-state index is 0.317. The molecule has 2 aromatic heterocycles. The molecule has 0 spiro atoms. The molecule has 0 saturated heterocycles. The second-order valence-corrected chi connectivity index (χ2v) is 7.32. The molecular formula is C18H27NO3S. The molecule has 2 aromatic rings. The first-order chi connectivity index (χ1) is 11.1. The molecule has 0 aliphatic heterocycles. The Labute approximate surface area is 142 Å². The largest absolute Gasteiger partial charge is 0.467 e. The number of furan rings is 1. The number of thiophene rings is 1. The van der Waals surface area contributed by atoms with Crippen LogP contribution in [0.2, 0.25) is 0 Å². The minimum Gasteiger partial charge on any atom is -0.467 e. The third-order valence-corrected chi connectivity index (χ3v) is 4.93. The van der Waals surface area contributed by atoms with E-state index in [2.05, 4.69) is 37.8 Å². The lowest BCUT2D eigenvalue weighted by Crippen LogP contribution is -2.39. The van der Waals surface area contributed by atoms with Crippen molar-refractivity contribution in [1.82, 2.24) is 4.90 Å². The summed E-state index contributed by atoms with van der Waals surface area (Å²) in [5, 5.41) is 10.3. The van der Waals surface area contributed by atoms with E-state index in [0.29, 0.717) is 25.8 Å². The third-order valence-electron chi connectivity index (χ3n) is 3.95. The lowest BCUT2D eigenvalue weighted by atomic mass is 10.2. The highest BCUT2D eigenvalue weighted by Gasteiger charge is 2.18. The van der Waals surface area contributed by atoms with E-state index in [1.54, 1.807) is 6.26 Å². The van der Waals surface area contributed by atoms with Crippen LogP contribution < -0.4 is 0 Å². The van der Waals surface area contributed by atoms with Gasteiger partial charge in [-0.2, -0.15) is 0 Å². The van der Waals surface area contributed by atoms with Crippen LogP contribution in [-0.4, -0.2) is 35.3 Å². The van der Waals surface area contributed by atoms with Crippen molar-refractivity contribution in [3.63, 3.8) is 0 Å². The normalized spacial score (nSPS) is 14.3. The molecule has 0 aliphatic rings. The van der Waals surface area contributed by atoms with Gasteiger partial charge in [0.1, 0.15) is 12.4 Å². The summed E-state index contributed by atoms with van der Waals surface area (Å²) < 4.78 is 10.8. The smallest absolute Gasteiger partial charge is 0.129 e. The molecule has 23 heavy (non-hydrogen) atoms. The number of aliphatic hydroxyl groups is 1. The summed E-state index contributed by atoms with van der Waals surface area (Å²) in [6, 6.07) is 8.46. The van der Waals surface area contributed by atoms with Gasteiger partial charge >= 0.3 is 0 Å². The van der Waals surface area contributed by atoms with Crippen molar-refractivity contribution in [2.45, 2.75) is 52.5 Å². The van der Waals surface area contributed by atoms with E-state index in [-0.39, 0.29) is 0 Å². The zero-order chi connectivity index (χ0) is 16.7. The van der Waals surface area contributed by atoms with Gasteiger partial charge in [0.25, 0.3) is 0 Å². The average molecular weight is 337 g/mol. The van der Waals surface area contributed by atoms with Gasteiger partial charge in [-0.3, -0.25) is 4.90 Å². The van der Waals surface area contributed by atoms with E-state index in [4.69, 9.17) is 9.15 Å². The Balaban J connectivity index is 1.81. The van der Waals surface area contributed by atoms with Crippen LogP contribution in [0.3, 0.4) is 0 Å². The zero-order valence-electron chi connectivity index (χ0n) is 14.2. The molecule has 2 atom stereocenters. The van der Waals surface area contributed by atoms with Crippen molar-refractivity contribution in [2.24, 2.45) is 0 Å². The Kier molecular flexibility index (Phi) is 7.30. The Morgan fingerprint density at radius 2 is 2.17 bits per heavy atom. The first kappa shape index (κ1) is 18.2. The monoisotopic (exact) mass is 337 g/mol. The maximum absolute atomic E-state index is 10.3. The van der Waals surface area contributed by atoms with Crippen LogP contribution >= 0.6 is 11.3 Å². The molecule has 2 heterocycles. The van der Waals surface area contributed by atoms with Gasteiger partial charge < -0.3 is 14.3 Å². The second-order valence-electron chi connectivity index (χ2n) is 5.95. The minimum atomic E-state index is -0.500. The van der Waals surface area contributed by atoms with Gasteiger partial charge in [-0.15, -0.1) is 11.3 Å². The van der Waals surface area contributed by atoms with E-state index in [1.807, 2.05) is 23.5 Å². The summed E-state index contributed by atoms with van der Waals surface area (Å²) in [6.07, 6.45) is 2.19. The summed E-state index contributed by atoms with van der Waals surface area (Å²) in [5.74, 6) is 0.782. The summed E-state index contributed by atoms with van der Waals surface area (Å²) in [4.78, 5) is 4.99. The van der Waals surface area contributed by atoms with Gasteiger partial charge in [0.15, 0.2) is 0 Å². The van der Waals surface area contributed by atoms with Crippen LogP contribution in [0, 0.1) is 6.92 Å². The predicted octanol–water partition coefficient (Wildman–Crippen LogP) is 3.83. The molecule has 0 aliphatic carbocycles. The van der Waals surface area contributed by atoms with Crippen molar-refractivity contribution in [2.75, 3.05) is 13.2 Å². The number of rotatable bonds is 10. The number of aryl methyl sites for hydroxylation is 1. The Morgan fingerprint density at radius 1 is 1.35 bits per heavy atom. The highest BCUT2D eigenvalue weighted by molar-refractivity contribution is 7.11. The van der Waals surface area contributed by atoms with E-state index in [1.165, 1.54) is 9.75 Å². The predicted molar refractivity (Wildman–Crippen MR) is 93.6 cm³/mol. The Morgan fingerprint density at radius 3 is 2.78 bits per heavy atom. The second kappa shape index (κ2) is 9.23. The van der Waals surface area contributed by atoms with Gasteiger partial charge in [0.05, 0.1) is 19.0 Å². The SMILES string of the molecule is CC[C@H](C)N(Cc1ccc(C)s1)C[C@@H](O)COCc1ccco1. The summed E-state index contributed by atoms with van der Waals surface area (Å²) in [5.41, 5.74) is 0. The van der Waals surface area contributed by atoms with Crippen LogP contribution in [0.4, 0.5) is 0 Å². The summed E-state index contributed by atoms with van der Waals surface area (Å²) in [7, 11) is 0. The third kappa shape index (κ3) is 6.11. The van der Waals surface area contributed by atoms with Crippen molar-refractivity contribution in [3.05, 3.63) is 46.0 Å². The fraction of sp³-hybridized carbons (Fsp3) is 0.556. The average Bonchev–Trinajstić information content (AvgIpc) is 3.17. The standard InChI is InChI=1S/C18H27NO3S/c1-4-14(2)19(11-18-8-7-15(3)23-18)10-16(20)12-21-13-17-6-5-9-22-17/h5-9,14,16,20H,4,10-13H2,1-3H3/t14-,16+/m0/s1. The van der Waals surface area contributed by atoms with Gasteiger partial charge in [-0.05, 0) is 44.5 Å². The molecule has 0 fully saturated rings. The topological polar surface area (TPSA) is 45.8 Å². The van der Waals surface area contributed by atoms with Crippen LogP contribution in [0.1, 0.15) is 35.8 Å². The van der Waals surface area contributed by atoms with Gasteiger partial charge in [-0.1, -0.05) is 6.92 Å². The Bertz CT molecular complexity index is 552. The summed E-state index contributed by atoms with van der Waals surface area (Å²) in [6.45, 7) is 8.72. The van der Waals surface area contributed by atoms with Crippen molar-refractivity contribution in [3.8, 4) is 0 Å². The van der Waals surface area contributed by atoms with E-state index in [9.17, 15) is 5.11 Å². The molecule has 0 unspecified atom stereocenters. The highest BCUT2D eigenvalue weighted by Crippen LogP contribution is 2.19. The maximum atomic E-state index is 10.3. The van der Waals surface area contributed by atoms with Crippen molar-refractivity contribution >= 4 is 11.3 Å². The van der Waals surface area contributed by atoms with Crippen molar-refractivity contribution in [1.29, 1.82) is 0 Å². The lowest BCUT2D eigenvalue weighted by Gasteiger charge is -2.30. The molecule has 5 heteroatoms. The number of hydrogen-bond acceptors (Lipinski definition) is 5. The van der Waals surface area contributed by atoms with E-state index in [0.717, 1.165) is 18.7 Å². The Hall–Kier alpha value is -1.14. The first-order valence-corrected chi connectivity index (χ1v) is 8.97. The lowest BCUT2D eigenvalue weighted by molar-refractivity contribution is -0.00252. The molecule has 0 radical (unpaired) electrons. The molecular weight excluding hydrogens is 310 g/mol. The number of ether oxygens (including phenoxy) is 1. The zero-order valence-corrected chi connectivity index (χ0v) is 15.0. The molecule has 0 amide bonds. The molecule has 0 aromatic carbocycles. The van der Waals surface area contributed by atoms with E-state index >= 15 is 0 Å². The molecule has 4 nitrogen and oxygen atoms in total. The molecule has 0 bridgehead atoms. The fourth-order valence-corrected chi connectivity index (χ4v) is 3.36. The van der Waals surface area contributed by atoms with Crippen LogP contribution in [0.15, 0.2) is 34.9 Å². The summed E-state index contributed by atoms with van der Waals surface area (Å²) >= 11 is 1.82. The van der Waals surface area contributed by atoms with Crippen LogP contribution in [0.25, 0.3) is 0 Å². The first-order valence-electron chi connectivity index (χ1n) is 8.16. The van der Waals surface area contributed by atoms with Gasteiger partial charge in [-0.25, -0.2) is 0 Å². The number of aliphatic hydroxyl groups excluding tert-OH is 1. The number of hydrogen-bond donors (Lipinski definition) is 1.